The van der Waals surface area contributed by atoms with E-state index in [0.717, 1.165) is 16.1 Å². The SMILES string of the molecule is O=C(O)CCc1cn(S(=O)(=O)c2cccc(-c3ccc(F)cc3F)c2)c2ccc(Cl)cc12. The van der Waals surface area contributed by atoms with Crippen LogP contribution >= 0.6 is 11.6 Å². The Balaban J connectivity index is 1.84. The molecule has 0 spiro atoms. The normalized spacial score (nSPS) is 11.7. The Morgan fingerprint density at radius 2 is 1.81 bits per heavy atom. The molecule has 4 aromatic rings. The quantitative estimate of drug-likeness (QED) is 0.400. The Morgan fingerprint density at radius 1 is 1.03 bits per heavy atom. The van der Waals surface area contributed by atoms with E-state index in [4.69, 9.17) is 16.7 Å². The highest BCUT2D eigenvalue weighted by molar-refractivity contribution is 7.90. The fourth-order valence-corrected chi connectivity index (χ4v) is 5.15. The maximum atomic E-state index is 14.2. The van der Waals surface area contributed by atoms with E-state index in [1.807, 2.05) is 0 Å². The van der Waals surface area contributed by atoms with Gasteiger partial charge in [0, 0.05) is 34.7 Å². The number of fused-ring (bicyclic) bond motifs is 1. The number of rotatable bonds is 6. The van der Waals surface area contributed by atoms with Crippen LogP contribution in [-0.4, -0.2) is 23.5 Å². The third-order valence-corrected chi connectivity index (χ3v) is 6.96. The fraction of sp³-hybridized carbons (Fsp3) is 0.0870. The fourth-order valence-electron chi connectivity index (χ4n) is 3.54. The molecule has 164 valence electrons. The van der Waals surface area contributed by atoms with Crippen molar-refractivity contribution < 1.29 is 27.1 Å². The summed E-state index contributed by atoms with van der Waals surface area (Å²) in [6, 6.07) is 13.4. The van der Waals surface area contributed by atoms with Crippen LogP contribution in [0.1, 0.15) is 12.0 Å². The largest absolute Gasteiger partial charge is 0.481 e. The molecule has 0 aliphatic heterocycles. The van der Waals surface area contributed by atoms with Crippen molar-refractivity contribution in [2.75, 3.05) is 0 Å². The first-order valence-electron chi connectivity index (χ1n) is 9.49. The number of carboxylic acid groups (broad SMARTS) is 1. The lowest BCUT2D eigenvalue weighted by Crippen LogP contribution is -2.12. The Morgan fingerprint density at radius 3 is 2.53 bits per heavy atom. The molecular weight excluding hydrogens is 460 g/mol. The van der Waals surface area contributed by atoms with Crippen LogP contribution in [0.2, 0.25) is 5.02 Å². The van der Waals surface area contributed by atoms with Gasteiger partial charge in [0.2, 0.25) is 0 Å². The van der Waals surface area contributed by atoms with Crippen molar-refractivity contribution in [2.24, 2.45) is 0 Å². The van der Waals surface area contributed by atoms with Crippen LogP contribution in [0.5, 0.6) is 0 Å². The lowest BCUT2D eigenvalue weighted by Gasteiger charge is -2.10. The third-order valence-electron chi connectivity index (χ3n) is 5.06. The number of hydrogen-bond acceptors (Lipinski definition) is 3. The second-order valence-electron chi connectivity index (χ2n) is 7.16. The highest BCUT2D eigenvalue weighted by Gasteiger charge is 2.22. The van der Waals surface area contributed by atoms with Crippen molar-refractivity contribution in [2.45, 2.75) is 17.7 Å². The average molecular weight is 476 g/mol. The van der Waals surface area contributed by atoms with E-state index >= 15 is 0 Å². The number of benzene rings is 3. The van der Waals surface area contributed by atoms with Gasteiger partial charge < -0.3 is 5.11 Å². The molecule has 32 heavy (non-hydrogen) atoms. The summed E-state index contributed by atoms with van der Waals surface area (Å²) in [5.74, 6) is -2.55. The third kappa shape index (κ3) is 4.11. The summed E-state index contributed by atoms with van der Waals surface area (Å²) in [6.07, 6.45) is 1.32. The van der Waals surface area contributed by atoms with Gasteiger partial charge in [0.1, 0.15) is 11.6 Å². The number of carboxylic acids is 1. The summed E-state index contributed by atoms with van der Waals surface area (Å²) in [4.78, 5) is 10.9. The van der Waals surface area contributed by atoms with Gasteiger partial charge in [-0.2, -0.15) is 0 Å². The van der Waals surface area contributed by atoms with Gasteiger partial charge in [-0.3, -0.25) is 4.79 Å². The number of halogens is 3. The van der Waals surface area contributed by atoms with Crippen molar-refractivity contribution in [3.63, 3.8) is 0 Å². The summed E-state index contributed by atoms with van der Waals surface area (Å²) in [7, 11) is -4.12. The molecule has 0 fully saturated rings. The minimum absolute atomic E-state index is 0.0646. The van der Waals surface area contributed by atoms with Crippen LogP contribution in [0.3, 0.4) is 0 Å². The van der Waals surface area contributed by atoms with E-state index in [1.54, 1.807) is 18.2 Å². The Labute approximate surface area is 187 Å². The number of nitrogens with zero attached hydrogens (tertiary/aromatic N) is 1. The number of aliphatic carboxylic acids is 1. The minimum Gasteiger partial charge on any atom is -0.481 e. The van der Waals surface area contributed by atoms with Gasteiger partial charge in [-0.25, -0.2) is 21.2 Å². The number of carbonyl (C=O) groups is 1. The molecular formula is C23H16ClF2NO4S. The van der Waals surface area contributed by atoms with Gasteiger partial charge in [-0.1, -0.05) is 23.7 Å². The lowest BCUT2D eigenvalue weighted by atomic mass is 10.1. The van der Waals surface area contributed by atoms with Gasteiger partial charge in [0.25, 0.3) is 10.0 Å². The van der Waals surface area contributed by atoms with E-state index in [-0.39, 0.29) is 28.9 Å². The predicted molar refractivity (Wildman–Crippen MR) is 117 cm³/mol. The Hall–Kier alpha value is -3.23. The monoisotopic (exact) mass is 475 g/mol. The van der Waals surface area contributed by atoms with Gasteiger partial charge in [-0.15, -0.1) is 0 Å². The number of aryl methyl sites for hydroxylation is 1. The molecule has 0 unspecified atom stereocenters. The lowest BCUT2D eigenvalue weighted by molar-refractivity contribution is -0.136. The first kappa shape index (κ1) is 22.0. The first-order valence-corrected chi connectivity index (χ1v) is 11.3. The topological polar surface area (TPSA) is 76.4 Å². The van der Waals surface area contributed by atoms with Gasteiger partial charge in [-0.05, 0) is 60.0 Å². The first-order chi connectivity index (χ1) is 15.2. The van der Waals surface area contributed by atoms with Crippen LogP contribution in [0.4, 0.5) is 8.78 Å². The molecule has 3 aromatic carbocycles. The Kier molecular flexibility index (Phi) is 5.75. The molecule has 5 nitrogen and oxygen atoms in total. The highest BCUT2D eigenvalue weighted by atomic mass is 35.5. The van der Waals surface area contributed by atoms with E-state index in [2.05, 4.69) is 0 Å². The van der Waals surface area contributed by atoms with Gasteiger partial charge >= 0.3 is 5.97 Å². The maximum Gasteiger partial charge on any atom is 0.303 e. The molecule has 0 aliphatic rings. The van der Waals surface area contributed by atoms with Crippen LogP contribution in [0.15, 0.2) is 71.8 Å². The summed E-state index contributed by atoms with van der Waals surface area (Å²) in [6.45, 7) is 0. The molecule has 0 bridgehead atoms. The molecule has 0 saturated carbocycles. The Bertz CT molecular complexity index is 1460. The molecule has 0 atom stereocenters. The maximum absolute atomic E-state index is 14.2. The summed E-state index contributed by atoms with van der Waals surface area (Å²) in [5, 5.41) is 9.94. The molecule has 1 aromatic heterocycles. The number of aromatic nitrogens is 1. The predicted octanol–water partition coefficient (Wildman–Crippen LogP) is 5.49. The van der Waals surface area contributed by atoms with Crippen molar-refractivity contribution in [1.82, 2.24) is 3.97 Å². The molecule has 0 amide bonds. The average Bonchev–Trinajstić information content (AvgIpc) is 3.11. The van der Waals surface area contributed by atoms with Crippen molar-refractivity contribution in [3.05, 3.63) is 89.1 Å². The second kappa shape index (κ2) is 8.37. The van der Waals surface area contributed by atoms with Crippen molar-refractivity contribution >= 4 is 38.5 Å². The molecule has 9 heteroatoms. The zero-order chi connectivity index (χ0) is 23.0. The highest BCUT2D eigenvalue weighted by Crippen LogP contribution is 2.31. The molecule has 1 heterocycles. The summed E-state index contributed by atoms with van der Waals surface area (Å²) >= 11 is 6.07. The second-order valence-corrected chi connectivity index (χ2v) is 9.41. The smallest absolute Gasteiger partial charge is 0.303 e. The van der Waals surface area contributed by atoms with Crippen molar-refractivity contribution in [3.8, 4) is 11.1 Å². The van der Waals surface area contributed by atoms with Crippen LogP contribution in [-0.2, 0) is 21.2 Å². The van der Waals surface area contributed by atoms with Gasteiger partial charge in [0.05, 0.1) is 10.4 Å². The zero-order valence-corrected chi connectivity index (χ0v) is 18.0. The van der Waals surface area contributed by atoms with E-state index in [0.29, 0.717) is 21.5 Å². The van der Waals surface area contributed by atoms with Crippen LogP contribution < -0.4 is 0 Å². The molecule has 0 radical (unpaired) electrons. The molecule has 1 N–H and O–H groups in total. The molecule has 4 rings (SSSR count). The zero-order valence-electron chi connectivity index (χ0n) is 16.4. The number of hydrogen-bond donors (Lipinski definition) is 1. The van der Waals surface area contributed by atoms with E-state index in [1.165, 1.54) is 36.5 Å². The molecule has 0 aliphatic carbocycles. The summed E-state index contributed by atoms with van der Waals surface area (Å²) in [5.41, 5.74) is 1.20. The summed E-state index contributed by atoms with van der Waals surface area (Å²) < 4.78 is 55.5. The standard InChI is InChI=1S/C23H16ClF2NO4S/c24-16-5-8-22-20(11-16)15(4-9-23(28)29)13-27(22)32(30,31)18-3-1-2-14(10-18)19-7-6-17(25)12-21(19)26/h1-3,5-8,10-13H,4,9H2,(H,28,29). The van der Waals surface area contributed by atoms with Crippen LogP contribution in [0, 0.1) is 11.6 Å². The van der Waals surface area contributed by atoms with Gasteiger partial charge in [0.15, 0.2) is 0 Å². The van der Waals surface area contributed by atoms with E-state index in [9.17, 15) is 22.0 Å². The minimum atomic E-state index is -4.12. The van der Waals surface area contributed by atoms with E-state index < -0.39 is 27.6 Å². The van der Waals surface area contributed by atoms with Crippen LogP contribution in [0.25, 0.3) is 22.0 Å². The van der Waals surface area contributed by atoms with Crippen molar-refractivity contribution in [1.29, 1.82) is 0 Å². The molecule has 0 saturated heterocycles.